The first kappa shape index (κ1) is 16.8. The zero-order valence-electron chi connectivity index (χ0n) is 14.3. The fourth-order valence-corrected chi connectivity index (χ4v) is 2.57. The van der Waals surface area contributed by atoms with E-state index in [1.54, 1.807) is 19.3 Å². The highest BCUT2D eigenvalue weighted by Crippen LogP contribution is 2.25. The molecule has 1 atom stereocenters. The number of hydrogen-bond acceptors (Lipinski definition) is 6. The number of nitrogens with zero attached hydrogens (tertiary/aromatic N) is 3. The van der Waals surface area contributed by atoms with Crippen LogP contribution >= 0.6 is 0 Å². The smallest absolute Gasteiger partial charge is 0.307 e. The van der Waals surface area contributed by atoms with Crippen LogP contribution in [0.5, 0.6) is 0 Å². The lowest BCUT2D eigenvalue weighted by atomic mass is 10.2. The van der Waals surface area contributed by atoms with Gasteiger partial charge in [0, 0.05) is 29.4 Å². The fourth-order valence-electron chi connectivity index (χ4n) is 2.57. The molecule has 0 aliphatic rings. The molecule has 0 saturated heterocycles. The van der Waals surface area contributed by atoms with Gasteiger partial charge in [-0.25, -0.2) is 9.97 Å². The first-order chi connectivity index (χ1) is 12.2. The summed E-state index contributed by atoms with van der Waals surface area (Å²) in [6.07, 6.45) is 3.72. The van der Waals surface area contributed by atoms with Crippen LogP contribution in [0, 0.1) is 0 Å². The van der Waals surface area contributed by atoms with Gasteiger partial charge in [-0.1, -0.05) is 12.1 Å². The van der Waals surface area contributed by atoms with Crippen molar-refractivity contribution in [2.45, 2.75) is 26.3 Å². The number of anilines is 1. The molecule has 2 heterocycles. The van der Waals surface area contributed by atoms with Crippen molar-refractivity contribution >= 4 is 22.7 Å². The third kappa shape index (κ3) is 4.09. The van der Waals surface area contributed by atoms with Crippen LogP contribution in [0.1, 0.15) is 20.3 Å². The maximum Gasteiger partial charge on any atom is 0.307 e. The van der Waals surface area contributed by atoms with Gasteiger partial charge >= 0.3 is 5.97 Å². The van der Waals surface area contributed by atoms with E-state index >= 15 is 0 Å². The molecule has 1 aromatic carbocycles. The van der Waals surface area contributed by atoms with Crippen LogP contribution < -0.4 is 5.32 Å². The van der Waals surface area contributed by atoms with Crippen molar-refractivity contribution in [3.63, 3.8) is 0 Å². The Morgan fingerprint density at radius 3 is 2.80 bits per heavy atom. The van der Waals surface area contributed by atoms with Crippen LogP contribution in [0.2, 0.25) is 0 Å². The normalized spacial score (nSPS) is 11.9. The standard InChI is InChI=1S/C19H20N4O2/c1-3-25-17(24)11-13(2)21-19-15-8-4-5-9-16(15)22-18(23-19)14-7-6-10-20-12-14/h4-10,12-13H,3,11H2,1-2H3,(H,21,22,23). The minimum absolute atomic E-state index is 0.112. The van der Waals surface area contributed by atoms with Gasteiger partial charge < -0.3 is 10.1 Å². The summed E-state index contributed by atoms with van der Waals surface area (Å²) < 4.78 is 5.01. The van der Waals surface area contributed by atoms with E-state index in [2.05, 4.69) is 20.3 Å². The monoisotopic (exact) mass is 336 g/mol. The molecule has 0 radical (unpaired) electrons. The minimum Gasteiger partial charge on any atom is -0.466 e. The molecule has 2 aromatic heterocycles. The van der Waals surface area contributed by atoms with E-state index in [1.165, 1.54) is 0 Å². The highest BCUT2D eigenvalue weighted by Gasteiger charge is 2.14. The number of carbonyl (C=O) groups excluding carboxylic acids is 1. The lowest BCUT2D eigenvalue weighted by Gasteiger charge is -2.16. The Hall–Kier alpha value is -3.02. The SMILES string of the molecule is CCOC(=O)CC(C)Nc1nc(-c2cccnc2)nc2ccccc12. The highest BCUT2D eigenvalue weighted by molar-refractivity contribution is 5.90. The molecule has 25 heavy (non-hydrogen) atoms. The first-order valence-corrected chi connectivity index (χ1v) is 8.26. The Bertz CT molecular complexity index is 868. The third-order valence-electron chi connectivity index (χ3n) is 3.68. The van der Waals surface area contributed by atoms with E-state index in [4.69, 9.17) is 4.74 Å². The average molecular weight is 336 g/mol. The Morgan fingerprint density at radius 1 is 1.20 bits per heavy atom. The molecule has 3 rings (SSSR count). The van der Waals surface area contributed by atoms with Gasteiger partial charge in [0.05, 0.1) is 18.5 Å². The molecule has 1 N–H and O–H groups in total. The van der Waals surface area contributed by atoms with Gasteiger partial charge in [-0.3, -0.25) is 9.78 Å². The molecule has 128 valence electrons. The summed E-state index contributed by atoms with van der Waals surface area (Å²) in [5.41, 5.74) is 1.68. The zero-order valence-corrected chi connectivity index (χ0v) is 14.3. The Balaban J connectivity index is 1.94. The number of para-hydroxylation sites is 1. The molecule has 1 unspecified atom stereocenters. The third-order valence-corrected chi connectivity index (χ3v) is 3.68. The van der Waals surface area contributed by atoms with E-state index in [0.29, 0.717) is 18.2 Å². The summed E-state index contributed by atoms with van der Waals surface area (Å²) in [5.74, 6) is 1.06. The quantitative estimate of drug-likeness (QED) is 0.695. The molecule has 3 aromatic rings. The Kier molecular flexibility index (Phi) is 5.18. The van der Waals surface area contributed by atoms with E-state index in [1.807, 2.05) is 43.3 Å². The molecule has 0 aliphatic heterocycles. The van der Waals surface area contributed by atoms with Crippen molar-refractivity contribution in [3.8, 4) is 11.4 Å². The van der Waals surface area contributed by atoms with Crippen molar-refractivity contribution in [2.24, 2.45) is 0 Å². The van der Waals surface area contributed by atoms with E-state index in [9.17, 15) is 4.79 Å². The topological polar surface area (TPSA) is 77.0 Å². The summed E-state index contributed by atoms with van der Waals surface area (Å²) in [6, 6.07) is 11.4. The minimum atomic E-state index is -0.228. The molecule has 0 fully saturated rings. The molecular weight excluding hydrogens is 316 g/mol. The van der Waals surface area contributed by atoms with Crippen LogP contribution in [0.15, 0.2) is 48.8 Å². The van der Waals surface area contributed by atoms with E-state index in [0.717, 1.165) is 16.5 Å². The molecule has 0 aliphatic carbocycles. The molecule has 0 bridgehead atoms. The van der Waals surface area contributed by atoms with Crippen LogP contribution in [0.4, 0.5) is 5.82 Å². The number of pyridine rings is 1. The molecule has 0 amide bonds. The fraction of sp³-hybridized carbons (Fsp3) is 0.263. The predicted octanol–water partition coefficient (Wildman–Crippen LogP) is 3.45. The Morgan fingerprint density at radius 2 is 2.04 bits per heavy atom. The second kappa shape index (κ2) is 7.70. The zero-order chi connectivity index (χ0) is 17.6. The van der Waals surface area contributed by atoms with E-state index < -0.39 is 0 Å². The number of aromatic nitrogens is 3. The Labute approximate surface area is 146 Å². The van der Waals surface area contributed by atoms with Gasteiger partial charge in [0.1, 0.15) is 5.82 Å². The maximum atomic E-state index is 11.7. The molecule has 0 spiro atoms. The van der Waals surface area contributed by atoms with Crippen molar-refractivity contribution in [1.82, 2.24) is 15.0 Å². The van der Waals surface area contributed by atoms with Gasteiger partial charge in [-0.05, 0) is 38.1 Å². The number of benzene rings is 1. The number of fused-ring (bicyclic) bond motifs is 1. The van der Waals surface area contributed by atoms with Crippen LogP contribution in [-0.2, 0) is 9.53 Å². The molecule has 6 heteroatoms. The van der Waals surface area contributed by atoms with Gasteiger partial charge in [0.25, 0.3) is 0 Å². The second-order valence-electron chi connectivity index (χ2n) is 5.71. The number of rotatable bonds is 6. The lowest BCUT2D eigenvalue weighted by Crippen LogP contribution is -2.22. The van der Waals surface area contributed by atoms with E-state index in [-0.39, 0.29) is 18.4 Å². The summed E-state index contributed by atoms with van der Waals surface area (Å²) in [6.45, 7) is 4.11. The molecular formula is C19H20N4O2. The van der Waals surface area contributed by atoms with Crippen molar-refractivity contribution < 1.29 is 9.53 Å². The summed E-state index contributed by atoms with van der Waals surface area (Å²) in [5, 5.41) is 4.22. The molecule has 6 nitrogen and oxygen atoms in total. The average Bonchev–Trinajstić information content (AvgIpc) is 2.62. The van der Waals surface area contributed by atoms with Gasteiger partial charge in [0.2, 0.25) is 0 Å². The molecule has 0 saturated carbocycles. The number of carbonyl (C=O) groups is 1. The first-order valence-electron chi connectivity index (χ1n) is 8.26. The number of esters is 1. The summed E-state index contributed by atoms with van der Waals surface area (Å²) >= 11 is 0. The lowest BCUT2D eigenvalue weighted by molar-refractivity contribution is -0.143. The number of hydrogen-bond donors (Lipinski definition) is 1. The van der Waals surface area contributed by atoms with Crippen molar-refractivity contribution in [1.29, 1.82) is 0 Å². The van der Waals surface area contributed by atoms with Gasteiger partial charge in [-0.15, -0.1) is 0 Å². The largest absolute Gasteiger partial charge is 0.466 e. The van der Waals surface area contributed by atoms with Crippen LogP contribution in [0.3, 0.4) is 0 Å². The second-order valence-corrected chi connectivity index (χ2v) is 5.71. The van der Waals surface area contributed by atoms with Crippen LogP contribution in [-0.4, -0.2) is 33.6 Å². The van der Waals surface area contributed by atoms with Crippen LogP contribution in [0.25, 0.3) is 22.3 Å². The number of ether oxygens (including phenoxy) is 1. The van der Waals surface area contributed by atoms with Gasteiger partial charge in [-0.2, -0.15) is 0 Å². The van der Waals surface area contributed by atoms with Crippen molar-refractivity contribution in [2.75, 3.05) is 11.9 Å². The van der Waals surface area contributed by atoms with Crippen molar-refractivity contribution in [3.05, 3.63) is 48.8 Å². The summed E-state index contributed by atoms with van der Waals surface area (Å²) in [4.78, 5) is 25.1. The maximum absolute atomic E-state index is 11.7. The number of nitrogens with one attached hydrogen (secondary N) is 1. The summed E-state index contributed by atoms with van der Waals surface area (Å²) in [7, 11) is 0. The van der Waals surface area contributed by atoms with Gasteiger partial charge in [0.15, 0.2) is 5.82 Å². The predicted molar refractivity (Wildman–Crippen MR) is 97.1 cm³/mol. The highest BCUT2D eigenvalue weighted by atomic mass is 16.5.